The zero-order valence-corrected chi connectivity index (χ0v) is 11.1. The maximum atomic E-state index is 11.5. The quantitative estimate of drug-likeness (QED) is 0.799. The van der Waals surface area contributed by atoms with Crippen LogP contribution < -0.4 is 9.44 Å². The highest BCUT2D eigenvalue weighted by molar-refractivity contribution is 7.91. The Morgan fingerprint density at radius 3 is 2.72 bits per heavy atom. The Hall–Kier alpha value is -1.61. The van der Waals surface area contributed by atoms with E-state index in [-0.39, 0.29) is 11.1 Å². The molecule has 0 aliphatic heterocycles. The lowest BCUT2D eigenvalue weighted by Crippen LogP contribution is -2.37. The number of halogens is 1. The predicted molar refractivity (Wildman–Crippen MR) is 64.3 cm³/mol. The zero-order chi connectivity index (χ0) is 13.8. The Morgan fingerprint density at radius 2 is 2.17 bits per heavy atom. The molecule has 0 unspecified atom stereocenters. The van der Waals surface area contributed by atoms with E-state index in [1.54, 1.807) is 18.6 Å². The van der Waals surface area contributed by atoms with Crippen LogP contribution in [0.5, 0.6) is 0 Å². The molecule has 1 aromatic rings. The molecule has 1 rings (SSSR count). The molecule has 0 aliphatic carbocycles. The van der Waals surface area contributed by atoms with Gasteiger partial charge in [0.1, 0.15) is 5.82 Å². The maximum Gasteiger partial charge on any atom is 0.422 e. The normalized spacial score (nSPS) is 11.1. The lowest BCUT2D eigenvalue weighted by molar-refractivity contribution is 0.121. The van der Waals surface area contributed by atoms with E-state index in [9.17, 15) is 13.2 Å². The molecule has 100 valence electrons. The molecule has 0 atom stereocenters. The van der Waals surface area contributed by atoms with E-state index >= 15 is 0 Å². The second-order valence-corrected chi connectivity index (χ2v) is 5.13. The van der Waals surface area contributed by atoms with Crippen LogP contribution in [0.4, 0.5) is 10.6 Å². The minimum Gasteiger partial charge on any atom is -0.446 e. The van der Waals surface area contributed by atoms with Gasteiger partial charge in [0.05, 0.1) is 6.10 Å². The topological polar surface area (TPSA) is 110 Å². The van der Waals surface area contributed by atoms with Crippen molar-refractivity contribution in [3.63, 3.8) is 0 Å². The van der Waals surface area contributed by atoms with Crippen LogP contribution in [-0.4, -0.2) is 30.6 Å². The van der Waals surface area contributed by atoms with Gasteiger partial charge in [0.15, 0.2) is 0 Å². The molecular formula is C8H11ClN4O4S. The summed E-state index contributed by atoms with van der Waals surface area (Å²) < 4.78 is 31.2. The monoisotopic (exact) mass is 294 g/mol. The molecule has 0 bridgehead atoms. The van der Waals surface area contributed by atoms with E-state index < -0.39 is 22.4 Å². The molecule has 18 heavy (non-hydrogen) atoms. The Kier molecular flexibility index (Phi) is 4.68. The Labute approximate surface area is 109 Å². The second-order valence-electron chi connectivity index (χ2n) is 3.37. The van der Waals surface area contributed by atoms with Gasteiger partial charge < -0.3 is 4.74 Å². The van der Waals surface area contributed by atoms with Gasteiger partial charge in [-0.3, -0.25) is 0 Å². The van der Waals surface area contributed by atoms with Crippen LogP contribution in [0.1, 0.15) is 13.8 Å². The minimum atomic E-state index is -4.12. The standard InChI is InChI=1S/C8H11ClN4O4S/c1-5(2)17-8(14)13-18(15,16)12-6-3-4-10-7(9)11-6/h3-5H,1-2H3,(H,13,14)(H,10,11,12). The summed E-state index contributed by atoms with van der Waals surface area (Å²) in [5, 5.41) is -0.125. The number of hydrogen-bond donors (Lipinski definition) is 2. The van der Waals surface area contributed by atoms with Gasteiger partial charge in [-0.05, 0) is 31.5 Å². The largest absolute Gasteiger partial charge is 0.446 e. The highest BCUT2D eigenvalue weighted by Gasteiger charge is 2.16. The SMILES string of the molecule is CC(C)OC(=O)NS(=O)(=O)Nc1ccnc(Cl)n1. The molecular weight excluding hydrogens is 284 g/mol. The number of amides is 1. The fourth-order valence-electron chi connectivity index (χ4n) is 0.903. The van der Waals surface area contributed by atoms with Crippen molar-refractivity contribution in [2.24, 2.45) is 0 Å². The lowest BCUT2D eigenvalue weighted by atomic mass is 10.5. The van der Waals surface area contributed by atoms with E-state index in [0.717, 1.165) is 0 Å². The summed E-state index contributed by atoms with van der Waals surface area (Å²) in [5.74, 6) is -0.0696. The average molecular weight is 295 g/mol. The molecule has 1 heterocycles. The van der Waals surface area contributed by atoms with Crippen molar-refractivity contribution < 1.29 is 17.9 Å². The fraction of sp³-hybridized carbons (Fsp3) is 0.375. The number of ether oxygens (including phenoxy) is 1. The molecule has 0 saturated carbocycles. The number of anilines is 1. The molecule has 8 nitrogen and oxygen atoms in total. The molecule has 0 saturated heterocycles. The number of aromatic nitrogens is 2. The van der Waals surface area contributed by atoms with Gasteiger partial charge in [-0.25, -0.2) is 19.2 Å². The molecule has 0 spiro atoms. The first-order valence-electron chi connectivity index (χ1n) is 4.78. The van der Waals surface area contributed by atoms with Gasteiger partial charge in [-0.1, -0.05) is 0 Å². The molecule has 10 heteroatoms. The Balaban J connectivity index is 2.68. The van der Waals surface area contributed by atoms with Gasteiger partial charge in [-0.15, -0.1) is 0 Å². The van der Waals surface area contributed by atoms with Gasteiger partial charge in [0.2, 0.25) is 5.28 Å². The van der Waals surface area contributed by atoms with Gasteiger partial charge >= 0.3 is 16.3 Å². The van der Waals surface area contributed by atoms with Crippen molar-refractivity contribution >= 4 is 33.7 Å². The third-order valence-corrected chi connectivity index (χ3v) is 2.52. The number of carbonyl (C=O) groups excluding carboxylic acids is 1. The summed E-state index contributed by atoms with van der Waals surface area (Å²) in [6.07, 6.45) is -0.258. The van der Waals surface area contributed by atoms with Crippen molar-refractivity contribution in [1.82, 2.24) is 14.7 Å². The number of rotatable bonds is 4. The summed E-state index contributed by atoms with van der Waals surface area (Å²) in [7, 11) is -4.12. The van der Waals surface area contributed by atoms with E-state index in [1.807, 2.05) is 4.72 Å². The number of nitrogens with zero attached hydrogens (tertiary/aromatic N) is 2. The highest BCUT2D eigenvalue weighted by atomic mass is 35.5. The van der Waals surface area contributed by atoms with Crippen molar-refractivity contribution in [2.45, 2.75) is 20.0 Å². The first-order valence-corrected chi connectivity index (χ1v) is 6.64. The summed E-state index contributed by atoms with van der Waals surface area (Å²) in [5.41, 5.74) is 0. The minimum absolute atomic E-state index is 0.0696. The molecule has 1 amide bonds. The second kappa shape index (κ2) is 5.83. The summed E-state index contributed by atoms with van der Waals surface area (Å²) >= 11 is 5.48. The van der Waals surface area contributed by atoms with Gasteiger partial charge in [-0.2, -0.15) is 13.4 Å². The number of carbonyl (C=O) groups is 1. The molecule has 1 aromatic heterocycles. The van der Waals surface area contributed by atoms with Crippen LogP contribution >= 0.6 is 11.6 Å². The van der Waals surface area contributed by atoms with Crippen molar-refractivity contribution in [3.8, 4) is 0 Å². The van der Waals surface area contributed by atoms with E-state index in [4.69, 9.17) is 11.6 Å². The summed E-state index contributed by atoms with van der Waals surface area (Å²) in [6, 6.07) is 1.28. The zero-order valence-electron chi connectivity index (χ0n) is 9.55. The third-order valence-electron chi connectivity index (χ3n) is 1.43. The molecule has 0 aliphatic rings. The Morgan fingerprint density at radius 1 is 1.50 bits per heavy atom. The van der Waals surface area contributed by atoms with E-state index in [0.29, 0.717) is 0 Å². The molecule has 0 aromatic carbocycles. The van der Waals surface area contributed by atoms with Crippen molar-refractivity contribution in [2.75, 3.05) is 4.72 Å². The van der Waals surface area contributed by atoms with Crippen LogP contribution in [0.2, 0.25) is 5.28 Å². The molecule has 2 N–H and O–H groups in total. The van der Waals surface area contributed by atoms with Crippen LogP contribution in [-0.2, 0) is 14.9 Å². The van der Waals surface area contributed by atoms with Gasteiger partial charge in [0, 0.05) is 6.20 Å². The summed E-state index contributed by atoms with van der Waals surface area (Å²) in [4.78, 5) is 18.3. The van der Waals surface area contributed by atoms with Crippen LogP contribution in [0.3, 0.4) is 0 Å². The molecule has 0 fully saturated rings. The first-order chi connectivity index (χ1) is 8.28. The van der Waals surface area contributed by atoms with Crippen molar-refractivity contribution in [3.05, 3.63) is 17.5 Å². The maximum absolute atomic E-state index is 11.5. The predicted octanol–water partition coefficient (Wildman–Crippen LogP) is 0.921. The fourth-order valence-corrected chi connectivity index (χ4v) is 1.76. The number of nitrogens with one attached hydrogen (secondary N) is 2. The average Bonchev–Trinajstić information content (AvgIpc) is 2.13. The first kappa shape index (κ1) is 14.5. The van der Waals surface area contributed by atoms with E-state index in [1.165, 1.54) is 12.3 Å². The van der Waals surface area contributed by atoms with Gasteiger partial charge in [0.25, 0.3) is 0 Å². The van der Waals surface area contributed by atoms with Crippen molar-refractivity contribution in [1.29, 1.82) is 0 Å². The highest BCUT2D eigenvalue weighted by Crippen LogP contribution is 2.07. The van der Waals surface area contributed by atoms with Crippen LogP contribution in [0.15, 0.2) is 12.3 Å². The third kappa shape index (κ3) is 5.15. The van der Waals surface area contributed by atoms with E-state index in [2.05, 4.69) is 14.7 Å². The van der Waals surface area contributed by atoms with Crippen LogP contribution in [0.25, 0.3) is 0 Å². The number of hydrogen-bond acceptors (Lipinski definition) is 6. The Bertz CT molecular complexity index is 534. The lowest BCUT2D eigenvalue weighted by Gasteiger charge is -2.10. The van der Waals surface area contributed by atoms with Crippen LogP contribution in [0, 0.1) is 0 Å². The smallest absolute Gasteiger partial charge is 0.422 e. The molecule has 0 radical (unpaired) electrons. The summed E-state index contributed by atoms with van der Waals surface area (Å²) in [6.45, 7) is 3.17.